The second-order valence-electron chi connectivity index (χ2n) is 6.91. The molecule has 1 atom stereocenters. The van der Waals surface area contributed by atoms with Crippen molar-refractivity contribution in [2.75, 3.05) is 32.1 Å². The summed E-state index contributed by atoms with van der Waals surface area (Å²) in [6.45, 7) is 4.36. The van der Waals surface area contributed by atoms with Crippen LogP contribution in [0.5, 0.6) is 0 Å². The first-order valence-corrected chi connectivity index (χ1v) is 9.32. The van der Waals surface area contributed by atoms with Crippen LogP contribution < -0.4 is 16.0 Å². The zero-order valence-electron chi connectivity index (χ0n) is 15.9. The summed E-state index contributed by atoms with van der Waals surface area (Å²) in [5.41, 5.74) is 1.48. The van der Waals surface area contributed by atoms with Gasteiger partial charge in [-0.25, -0.2) is 0 Å². The molecule has 1 unspecified atom stereocenters. The van der Waals surface area contributed by atoms with E-state index >= 15 is 0 Å². The van der Waals surface area contributed by atoms with Gasteiger partial charge in [0.25, 0.3) is 5.91 Å². The van der Waals surface area contributed by atoms with Gasteiger partial charge in [0.15, 0.2) is 5.69 Å². The number of carbonyl (C=O) groups excluding carboxylic acids is 1. The van der Waals surface area contributed by atoms with Crippen molar-refractivity contribution in [2.24, 2.45) is 0 Å². The van der Waals surface area contributed by atoms with Crippen LogP contribution in [0.1, 0.15) is 41.9 Å². The zero-order chi connectivity index (χ0) is 19.1. The molecule has 0 saturated carbocycles. The van der Waals surface area contributed by atoms with Crippen LogP contribution in [-0.2, 0) is 4.74 Å². The van der Waals surface area contributed by atoms with Crippen molar-refractivity contribution in [3.63, 3.8) is 0 Å². The van der Waals surface area contributed by atoms with Gasteiger partial charge in [0.1, 0.15) is 5.82 Å². The highest BCUT2D eigenvalue weighted by Crippen LogP contribution is 2.26. The smallest absolute Gasteiger partial charge is 0.271 e. The van der Waals surface area contributed by atoms with Gasteiger partial charge >= 0.3 is 0 Å². The predicted molar refractivity (Wildman–Crippen MR) is 105 cm³/mol. The van der Waals surface area contributed by atoms with Crippen LogP contribution in [0.25, 0.3) is 0 Å². The van der Waals surface area contributed by atoms with Crippen molar-refractivity contribution in [1.82, 2.24) is 20.8 Å². The molecule has 1 fully saturated rings. The molecule has 0 bridgehead atoms. The van der Waals surface area contributed by atoms with E-state index in [0.717, 1.165) is 26.1 Å². The van der Waals surface area contributed by atoms with Crippen molar-refractivity contribution >= 4 is 11.7 Å². The Morgan fingerprint density at radius 1 is 1.15 bits per heavy atom. The molecule has 3 rings (SSSR count). The lowest BCUT2D eigenvalue weighted by molar-refractivity contribution is 0.0389. The number of amides is 1. The van der Waals surface area contributed by atoms with E-state index in [9.17, 15) is 4.79 Å². The highest BCUT2D eigenvalue weighted by molar-refractivity contribution is 5.91. The molecule has 144 valence electrons. The molecule has 3 N–H and O–H groups in total. The maximum atomic E-state index is 11.6. The summed E-state index contributed by atoms with van der Waals surface area (Å²) in [5.74, 6) is 0.413. The first kappa shape index (κ1) is 19.3. The zero-order valence-corrected chi connectivity index (χ0v) is 15.9. The number of nitrogens with zero attached hydrogens (tertiary/aromatic N) is 2. The van der Waals surface area contributed by atoms with Crippen molar-refractivity contribution in [1.29, 1.82) is 0 Å². The molecule has 1 aliphatic heterocycles. The highest BCUT2D eigenvalue weighted by Gasteiger charge is 2.34. The molecule has 7 heteroatoms. The lowest BCUT2D eigenvalue weighted by Crippen LogP contribution is -2.54. The summed E-state index contributed by atoms with van der Waals surface area (Å²) >= 11 is 0. The maximum absolute atomic E-state index is 11.6. The van der Waals surface area contributed by atoms with E-state index in [4.69, 9.17) is 4.74 Å². The average molecular weight is 369 g/mol. The number of ether oxygens (including phenoxy) is 1. The van der Waals surface area contributed by atoms with Gasteiger partial charge in [-0.15, -0.1) is 10.2 Å². The Morgan fingerprint density at radius 3 is 2.52 bits per heavy atom. The molecule has 1 saturated heterocycles. The Labute approximate surface area is 159 Å². The third-order valence-corrected chi connectivity index (χ3v) is 5.00. The third kappa shape index (κ3) is 5.02. The van der Waals surface area contributed by atoms with Crippen LogP contribution in [0.3, 0.4) is 0 Å². The molecule has 7 nitrogen and oxygen atoms in total. The van der Waals surface area contributed by atoms with Gasteiger partial charge in [-0.3, -0.25) is 4.79 Å². The first-order chi connectivity index (χ1) is 13.1. The number of hydrogen-bond donors (Lipinski definition) is 3. The number of hydrogen-bond acceptors (Lipinski definition) is 6. The van der Waals surface area contributed by atoms with E-state index in [1.807, 2.05) is 6.07 Å². The van der Waals surface area contributed by atoms with Gasteiger partial charge in [0, 0.05) is 38.4 Å². The summed E-state index contributed by atoms with van der Waals surface area (Å²) in [5, 5.41) is 17.8. The van der Waals surface area contributed by atoms with Crippen molar-refractivity contribution in [3.8, 4) is 0 Å². The molecular formula is C20H27N5O2. The minimum Gasteiger partial charge on any atom is -0.381 e. The predicted octanol–water partition coefficient (Wildman–Crippen LogP) is 2.15. The Bertz CT molecular complexity index is 730. The van der Waals surface area contributed by atoms with Gasteiger partial charge < -0.3 is 20.7 Å². The second-order valence-corrected chi connectivity index (χ2v) is 6.91. The van der Waals surface area contributed by atoms with Gasteiger partial charge in [-0.1, -0.05) is 30.3 Å². The molecule has 1 aliphatic rings. The number of anilines is 1. The normalized spacial score (nSPS) is 17.1. The Hall–Kier alpha value is -2.51. The SMILES string of the molecule is CNC(=O)c1ccc(NCC2(NC(C)c3ccccc3)CCOCC2)nn1. The molecule has 2 heterocycles. The summed E-state index contributed by atoms with van der Waals surface area (Å²) in [7, 11) is 1.57. The Morgan fingerprint density at radius 2 is 1.89 bits per heavy atom. The molecule has 27 heavy (non-hydrogen) atoms. The molecule has 0 spiro atoms. The van der Waals surface area contributed by atoms with Gasteiger partial charge in [-0.05, 0) is 37.5 Å². The summed E-state index contributed by atoms with van der Waals surface area (Å²) in [6.07, 6.45) is 1.84. The number of nitrogens with one attached hydrogen (secondary N) is 3. The van der Waals surface area contributed by atoms with E-state index in [-0.39, 0.29) is 17.5 Å². The Kier molecular flexibility index (Phi) is 6.36. The molecule has 0 radical (unpaired) electrons. The standard InChI is InChI=1S/C20H27N5O2/c1-15(16-6-4-3-5-7-16)23-20(10-12-27-13-11-20)14-22-18-9-8-17(24-25-18)19(26)21-2/h3-9,15,23H,10-14H2,1-2H3,(H,21,26)(H,22,25). The van der Waals surface area contributed by atoms with E-state index in [1.54, 1.807) is 19.2 Å². The number of benzene rings is 1. The summed E-state index contributed by atoms with van der Waals surface area (Å²) in [4.78, 5) is 11.6. The number of rotatable bonds is 7. The third-order valence-electron chi connectivity index (χ3n) is 5.00. The average Bonchev–Trinajstić information content (AvgIpc) is 2.73. The van der Waals surface area contributed by atoms with Crippen molar-refractivity contribution < 1.29 is 9.53 Å². The van der Waals surface area contributed by atoms with Crippen LogP contribution in [0.4, 0.5) is 5.82 Å². The molecule has 0 aliphatic carbocycles. The first-order valence-electron chi connectivity index (χ1n) is 9.32. The van der Waals surface area contributed by atoms with Crippen molar-refractivity contribution in [3.05, 3.63) is 53.7 Å². The van der Waals surface area contributed by atoms with Gasteiger partial charge in [-0.2, -0.15) is 0 Å². The van der Waals surface area contributed by atoms with Crippen LogP contribution in [0.15, 0.2) is 42.5 Å². The van der Waals surface area contributed by atoms with Crippen LogP contribution in [0.2, 0.25) is 0 Å². The largest absolute Gasteiger partial charge is 0.381 e. The highest BCUT2D eigenvalue weighted by atomic mass is 16.5. The number of aromatic nitrogens is 2. The minimum atomic E-state index is -0.242. The van der Waals surface area contributed by atoms with E-state index in [2.05, 4.69) is 57.3 Å². The fourth-order valence-electron chi connectivity index (χ4n) is 3.35. The van der Waals surface area contributed by atoms with Gasteiger partial charge in [0.2, 0.25) is 0 Å². The molecule has 1 amide bonds. The summed E-state index contributed by atoms with van der Waals surface area (Å²) < 4.78 is 5.58. The van der Waals surface area contributed by atoms with Crippen LogP contribution in [0, 0.1) is 0 Å². The fraction of sp³-hybridized carbons (Fsp3) is 0.450. The van der Waals surface area contributed by atoms with E-state index in [0.29, 0.717) is 18.1 Å². The fourth-order valence-corrected chi connectivity index (χ4v) is 3.35. The van der Waals surface area contributed by atoms with E-state index in [1.165, 1.54) is 5.56 Å². The molecular weight excluding hydrogens is 342 g/mol. The van der Waals surface area contributed by atoms with Gasteiger partial charge in [0.05, 0.1) is 0 Å². The quantitative estimate of drug-likeness (QED) is 0.693. The lowest BCUT2D eigenvalue weighted by atomic mass is 9.88. The monoisotopic (exact) mass is 369 g/mol. The maximum Gasteiger partial charge on any atom is 0.271 e. The number of carbonyl (C=O) groups is 1. The molecule has 1 aromatic carbocycles. The topological polar surface area (TPSA) is 88.2 Å². The molecule has 1 aromatic heterocycles. The van der Waals surface area contributed by atoms with Crippen molar-refractivity contribution in [2.45, 2.75) is 31.3 Å². The minimum absolute atomic E-state index is 0.0886. The van der Waals surface area contributed by atoms with Crippen LogP contribution in [-0.4, -0.2) is 48.4 Å². The molecule has 2 aromatic rings. The Balaban J connectivity index is 1.66. The lowest BCUT2D eigenvalue weighted by Gasteiger charge is -2.40. The second kappa shape index (κ2) is 8.92. The summed E-state index contributed by atoms with van der Waals surface area (Å²) in [6, 6.07) is 14.1. The van der Waals surface area contributed by atoms with Crippen LogP contribution >= 0.6 is 0 Å². The van der Waals surface area contributed by atoms with E-state index < -0.39 is 0 Å².